The molecule has 0 saturated carbocycles. The monoisotopic (exact) mass is 351 g/mol. The van der Waals surface area contributed by atoms with E-state index >= 15 is 0 Å². The lowest BCUT2D eigenvalue weighted by molar-refractivity contribution is 0.296. The number of rotatable bonds is 3. The van der Waals surface area contributed by atoms with Crippen LogP contribution in [0.1, 0.15) is 12.0 Å². The molecule has 1 heterocycles. The Morgan fingerprint density at radius 1 is 1.14 bits per heavy atom. The molecule has 110 valence electrons. The summed E-state index contributed by atoms with van der Waals surface area (Å²) in [7, 11) is 0. The summed E-state index contributed by atoms with van der Waals surface area (Å²) in [6.07, 6.45) is 0.881. The van der Waals surface area contributed by atoms with Crippen LogP contribution >= 0.6 is 15.9 Å². The smallest absolute Gasteiger partial charge is 0.166 e. The van der Waals surface area contributed by atoms with Gasteiger partial charge in [0.1, 0.15) is 5.82 Å². The third-order valence-corrected chi connectivity index (χ3v) is 3.86. The summed E-state index contributed by atoms with van der Waals surface area (Å²) in [6.45, 7) is 1.92. The van der Waals surface area contributed by atoms with E-state index in [1.165, 1.54) is 6.07 Å². The fourth-order valence-electron chi connectivity index (χ4n) is 2.20. The molecule has 1 aliphatic heterocycles. The van der Waals surface area contributed by atoms with E-state index < -0.39 is 0 Å². The average Bonchev–Trinajstić information content (AvgIpc) is 2.74. The fraction of sp³-hybridized carbons (Fsp3) is 0.250. The number of hydrogen-bond acceptors (Lipinski definition) is 3. The summed E-state index contributed by atoms with van der Waals surface area (Å²) in [5.41, 5.74) is 1.87. The molecule has 0 aliphatic carbocycles. The topological polar surface area (TPSA) is 30.5 Å². The van der Waals surface area contributed by atoms with Gasteiger partial charge in [-0.2, -0.15) is 0 Å². The molecule has 0 unspecified atom stereocenters. The van der Waals surface area contributed by atoms with Crippen LogP contribution in [0.15, 0.2) is 40.9 Å². The van der Waals surface area contributed by atoms with Crippen LogP contribution in [0.5, 0.6) is 11.5 Å². The van der Waals surface area contributed by atoms with Crippen molar-refractivity contribution in [2.45, 2.75) is 13.0 Å². The van der Waals surface area contributed by atoms with Gasteiger partial charge in [-0.3, -0.25) is 0 Å². The number of halogens is 2. The molecule has 0 amide bonds. The summed E-state index contributed by atoms with van der Waals surface area (Å²) in [4.78, 5) is 0. The summed E-state index contributed by atoms with van der Waals surface area (Å²) in [5, 5.41) is 3.27. The molecular formula is C16H15BrFNO2. The Morgan fingerprint density at radius 2 is 2.00 bits per heavy atom. The number of anilines is 1. The number of para-hydroxylation sites is 1. The average molecular weight is 352 g/mol. The van der Waals surface area contributed by atoms with Crippen molar-refractivity contribution in [3.05, 3.63) is 52.3 Å². The zero-order valence-corrected chi connectivity index (χ0v) is 13.0. The number of fused-ring (bicyclic) bond motifs is 1. The van der Waals surface area contributed by atoms with Crippen molar-refractivity contribution in [3.63, 3.8) is 0 Å². The second-order valence-electron chi connectivity index (χ2n) is 4.78. The number of benzene rings is 2. The molecular weight excluding hydrogens is 337 g/mol. The van der Waals surface area contributed by atoms with E-state index in [-0.39, 0.29) is 5.82 Å². The first-order valence-electron chi connectivity index (χ1n) is 6.80. The molecule has 3 nitrogen and oxygen atoms in total. The van der Waals surface area contributed by atoms with Gasteiger partial charge in [0.25, 0.3) is 0 Å². The molecule has 1 aliphatic rings. The van der Waals surface area contributed by atoms with Crippen LogP contribution in [0.3, 0.4) is 0 Å². The van der Waals surface area contributed by atoms with E-state index in [9.17, 15) is 4.39 Å². The molecule has 3 rings (SSSR count). The highest BCUT2D eigenvalue weighted by Gasteiger charge is 2.14. The minimum atomic E-state index is -0.272. The normalized spacial score (nSPS) is 13.6. The van der Waals surface area contributed by atoms with Gasteiger partial charge in [-0.25, -0.2) is 4.39 Å². The van der Waals surface area contributed by atoms with Crippen molar-refractivity contribution in [2.75, 3.05) is 18.5 Å². The molecule has 5 heteroatoms. The van der Waals surface area contributed by atoms with Gasteiger partial charge in [-0.15, -0.1) is 0 Å². The molecule has 0 aromatic heterocycles. The van der Waals surface area contributed by atoms with Gasteiger partial charge in [-0.1, -0.05) is 12.1 Å². The third kappa shape index (κ3) is 3.29. The molecule has 0 fully saturated rings. The van der Waals surface area contributed by atoms with Gasteiger partial charge in [-0.05, 0) is 40.2 Å². The van der Waals surface area contributed by atoms with Crippen LogP contribution in [-0.4, -0.2) is 13.2 Å². The van der Waals surface area contributed by atoms with E-state index in [0.29, 0.717) is 24.2 Å². The first kappa shape index (κ1) is 14.2. The Labute approximate surface area is 131 Å². The first-order valence-corrected chi connectivity index (χ1v) is 7.60. The van der Waals surface area contributed by atoms with E-state index in [1.807, 2.05) is 18.2 Å². The Bertz CT molecular complexity index is 648. The highest BCUT2D eigenvalue weighted by Crippen LogP contribution is 2.33. The van der Waals surface area contributed by atoms with Gasteiger partial charge >= 0.3 is 0 Å². The van der Waals surface area contributed by atoms with Gasteiger partial charge in [0, 0.05) is 24.2 Å². The molecule has 0 saturated heterocycles. The van der Waals surface area contributed by atoms with Crippen molar-refractivity contribution in [1.82, 2.24) is 0 Å². The first-order chi connectivity index (χ1) is 10.2. The molecule has 21 heavy (non-hydrogen) atoms. The summed E-state index contributed by atoms with van der Waals surface area (Å²) in [5.74, 6) is 1.31. The van der Waals surface area contributed by atoms with Gasteiger partial charge in [0.15, 0.2) is 11.5 Å². The van der Waals surface area contributed by atoms with Crippen molar-refractivity contribution in [1.29, 1.82) is 0 Å². The van der Waals surface area contributed by atoms with Crippen LogP contribution < -0.4 is 14.8 Å². The zero-order valence-electron chi connectivity index (χ0n) is 11.4. The van der Waals surface area contributed by atoms with E-state index in [0.717, 1.165) is 29.2 Å². The van der Waals surface area contributed by atoms with E-state index in [2.05, 4.69) is 21.2 Å². The van der Waals surface area contributed by atoms with Crippen LogP contribution in [0.25, 0.3) is 0 Å². The quantitative estimate of drug-likeness (QED) is 0.890. The predicted octanol–water partition coefficient (Wildman–Crippen LogP) is 4.36. The van der Waals surface area contributed by atoms with Crippen molar-refractivity contribution in [3.8, 4) is 11.5 Å². The largest absolute Gasteiger partial charge is 0.490 e. The maximum Gasteiger partial charge on any atom is 0.166 e. The number of ether oxygens (including phenoxy) is 2. The number of hydrogen-bond donors (Lipinski definition) is 1. The minimum Gasteiger partial charge on any atom is -0.490 e. The van der Waals surface area contributed by atoms with E-state index in [4.69, 9.17) is 9.47 Å². The SMILES string of the molecule is Fc1ccc(NCc2cccc3c2OCCCO3)cc1Br. The fourth-order valence-corrected chi connectivity index (χ4v) is 2.58. The Kier molecular flexibility index (Phi) is 4.29. The van der Waals surface area contributed by atoms with Crippen LogP contribution in [-0.2, 0) is 6.54 Å². The second kappa shape index (κ2) is 6.35. The molecule has 2 aromatic carbocycles. The van der Waals surface area contributed by atoms with Gasteiger partial charge in [0.05, 0.1) is 17.7 Å². The maximum absolute atomic E-state index is 13.2. The highest BCUT2D eigenvalue weighted by atomic mass is 79.9. The van der Waals surface area contributed by atoms with Crippen LogP contribution in [0.4, 0.5) is 10.1 Å². The molecule has 0 spiro atoms. The minimum absolute atomic E-state index is 0.272. The van der Waals surface area contributed by atoms with Crippen LogP contribution in [0.2, 0.25) is 0 Å². The van der Waals surface area contributed by atoms with Crippen molar-refractivity contribution < 1.29 is 13.9 Å². The lowest BCUT2D eigenvalue weighted by Gasteiger charge is -2.13. The lowest BCUT2D eigenvalue weighted by Crippen LogP contribution is -2.03. The Hall–Kier alpha value is -1.75. The molecule has 0 atom stereocenters. The van der Waals surface area contributed by atoms with Crippen molar-refractivity contribution >= 4 is 21.6 Å². The second-order valence-corrected chi connectivity index (χ2v) is 5.63. The standard InChI is InChI=1S/C16H15BrFNO2/c17-13-9-12(5-6-14(13)18)19-10-11-3-1-4-15-16(11)21-8-2-7-20-15/h1,3-6,9,19H,2,7-8,10H2. The van der Waals surface area contributed by atoms with Crippen LogP contribution in [0, 0.1) is 5.82 Å². The lowest BCUT2D eigenvalue weighted by atomic mass is 10.1. The van der Waals surface area contributed by atoms with E-state index in [1.54, 1.807) is 12.1 Å². The molecule has 0 bridgehead atoms. The highest BCUT2D eigenvalue weighted by molar-refractivity contribution is 9.10. The Balaban J connectivity index is 1.77. The summed E-state index contributed by atoms with van der Waals surface area (Å²) >= 11 is 3.18. The van der Waals surface area contributed by atoms with Gasteiger partial charge < -0.3 is 14.8 Å². The molecule has 1 N–H and O–H groups in total. The molecule has 2 aromatic rings. The predicted molar refractivity (Wildman–Crippen MR) is 83.5 cm³/mol. The maximum atomic E-state index is 13.2. The summed E-state index contributed by atoms with van der Waals surface area (Å²) in [6, 6.07) is 10.7. The van der Waals surface area contributed by atoms with Gasteiger partial charge in [0.2, 0.25) is 0 Å². The van der Waals surface area contributed by atoms with Crippen molar-refractivity contribution in [2.24, 2.45) is 0 Å². The Morgan fingerprint density at radius 3 is 2.86 bits per heavy atom. The zero-order chi connectivity index (χ0) is 14.7. The summed E-state index contributed by atoms with van der Waals surface area (Å²) < 4.78 is 25.1. The third-order valence-electron chi connectivity index (χ3n) is 3.26. The number of nitrogens with one attached hydrogen (secondary N) is 1. The molecule has 0 radical (unpaired) electrons.